The monoisotopic (exact) mass is 233 g/mol. The Morgan fingerprint density at radius 3 is 2.82 bits per heavy atom. The summed E-state index contributed by atoms with van der Waals surface area (Å²) in [6.07, 6.45) is 0.729. The van der Waals surface area contributed by atoms with Gasteiger partial charge in [0.05, 0.1) is 6.61 Å². The van der Waals surface area contributed by atoms with Crippen LogP contribution in [0.5, 0.6) is 0 Å². The van der Waals surface area contributed by atoms with Crippen molar-refractivity contribution in [2.45, 2.75) is 32.9 Å². The maximum absolute atomic E-state index is 11.8. The molecule has 1 N–H and O–H groups in total. The second-order valence-electron chi connectivity index (χ2n) is 4.93. The smallest absolute Gasteiger partial charge is 0.323 e. The van der Waals surface area contributed by atoms with Gasteiger partial charge in [0.15, 0.2) is 0 Å². The SMILES string of the molecule is CC(C)COC(=O)[C@@H]1Cc2ccccc2CN1. The summed E-state index contributed by atoms with van der Waals surface area (Å²) in [5.74, 6) is 0.253. The third-order valence-corrected chi connectivity index (χ3v) is 2.92. The van der Waals surface area contributed by atoms with Gasteiger partial charge in [0.25, 0.3) is 0 Å². The van der Waals surface area contributed by atoms with Crippen molar-refractivity contribution in [2.75, 3.05) is 6.61 Å². The van der Waals surface area contributed by atoms with Crippen LogP contribution < -0.4 is 5.32 Å². The molecule has 0 aliphatic carbocycles. The number of nitrogens with one attached hydrogen (secondary N) is 1. The molecule has 92 valence electrons. The van der Waals surface area contributed by atoms with E-state index in [4.69, 9.17) is 4.74 Å². The molecule has 2 rings (SSSR count). The molecule has 1 heterocycles. The zero-order chi connectivity index (χ0) is 12.3. The first kappa shape index (κ1) is 12.1. The van der Waals surface area contributed by atoms with Crippen LogP contribution in [0.3, 0.4) is 0 Å². The summed E-state index contributed by atoms with van der Waals surface area (Å²) in [6.45, 7) is 5.32. The van der Waals surface area contributed by atoms with Crippen LogP contribution in [-0.2, 0) is 22.5 Å². The molecule has 1 atom stereocenters. The second kappa shape index (κ2) is 5.32. The molecule has 0 saturated carbocycles. The first-order valence-corrected chi connectivity index (χ1v) is 6.13. The maximum atomic E-state index is 11.8. The van der Waals surface area contributed by atoms with Crippen molar-refractivity contribution in [1.82, 2.24) is 5.32 Å². The van der Waals surface area contributed by atoms with Crippen molar-refractivity contribution in [1.29, 1.82) is 0 Å². The number of benzene rings is 1. The molecule has 0 unspecified atom stereocenters. The van der Waals surface area contributed by atoms with E-state index in [9.17, 15) is 4.79 Å². The lowest BCUT2D eigenvalue weighted by Gasteiger charge is -2.24. The van der Waals surface area contributed by atoms with Crippen molar-refractivity contribution in [3.63, 3.8) is 0 Å². The molecule has 0 fully saturated rings. The van der Waals surface area contributed by atoms with Gasteiger partial charge in [0.2, 0.25) is 0 Å². The lowest BCUT2D eigenvalue weighted by Crippen LogP contribution is -2.43. The summed E-state index contributed by atoms with van der Waals surface area (Å²) < 4.78 is 5.26. The van der Waals surface area contributed by atoms with Crippen LogP contribution in [0.2, 0.25) is 0 Å². The molecule has 3 nitrogen and oxygen atoms in total. The first-order valence-electron chi connectivity index (χ1n) is 6.13. The predicted molar refractivity (Wildman–Crippen MR) is 66.6 cm³/mol. The Hall–Kier alpha value is -1.35. The summed E-state index contributed by atoms with van der Waals surface area (Å²) in [7, 11) is 0. The van der Waals surface area contributed by atoms with Crippen molar-refractivity contribution in [3.8, 4) is 0 Å². The molecule has 1 aliphatic heterocycles. The molecular weight excluding hydrogens is 214 g/mol. The van der Waals surface area contributed by atoms with E-state index in [1.54, 1.807) is 0 Å². The molecule has 1 aliphatic rings. The highest BCUT2D eigenvalue weighted by atomic mass is 16.5. The van der Waals surface area contributed by atoms with E-state index in [0.717, 1.165) is 13.0 Å². The average Bonchev–Trinajstić information content (AvgIpc) is 2.35. The highest BCUT2D eigenvalue weighted by Gasteiger charge is 2.25. The van der Waals surface area contributed by atoms with E-state index in [1.807, 2.05) is 26.0 Å². The molecule has 1 aromatic carbocycles. The third kappa shape index (κ3) is 3.07. The molecule has 0 spiro atoms. The van der Waals surface area contributed by atoms with Crippen molar-refractivity contribution >= 4 is 5.97 Å². The van der Waals surface area contributed by atoms with E-state index < -0.39 is 0 Å². The van der Waals surface area contributed by atoms with Gasteiger partial charge < -0.3 is 10.1 Å². The average molecular weight is 233 g/mol. The minimum Gasteiger partial charge on any atom is -0.464 e. The molecule has 0 saturated heterocycles. The summed E-state index contributed by atoms with van der Waals surface area (Å²) in [6, 6.07) is 8.03. The molecule has 17 heavy (non-hydrogen) atoms. The molecular formula is C14H19NO2. The molecule has 0 bridgehead atoms. The van der Waals surface area contributed by atoms with Crippen LogP contribution in [0, 0.1) is 5.92 Å². The van der Waals surface area contributed by atoms with Gasteiger partial charge in [-0.15, -0.1) is 0 Å². The van der Waals surface area contributed by atoms with Crippen LogP contribution in [-0.4, -0.2) is 18.6 Å². The van der Waals surface area contributed by atoms with Crippen molar-refractivity contribution < 1.29 is 9.53 Å². The predicted octanol–water partition coefficient (Wildman–Crippen LogP) is 1.90. The van der Waals surface area contributed by atoms with E-state index >= 15 is 0 Å². The molecule has 3 heteroatoms. The molecule has 0 amide bonds. The minimum atomic E-state index is -0.191. The van der Waals surface area contributed by atoms with Gasteiger partial charge in [-0.3, -0.25) is 4.79 Å². The van der Waals surface area contributed by atoms with Gasteiger partial charge in [0, 0.05) is 6.54 Å². The van der Waals surface area contributed by atoms with Crippen LogP contribution in [0.4, 0.5) is 0 Å². The molecule has 0 radical (unpaired) electrons. The lowest BCUT2D eigenvalue weighted by atomic mass is 9.96. The summed E-state index contributed by atoms with van der Waals surface area (Å²) in [4.78, 5) is 11.8. The number of carbonyl (C=O) groups excluding carboxylic acids is 1. The van der Waals surface area contributed by atoms with Gasteiger partial charge in [-0.05, 0) is 23.5 Å². The zero-order valence-electron chi connectivity index (χ0n) is 10.4. The van der Waals surface area contributed by atoms with Gasteiger partial charge in [-0.1, -0.05) is 38.1 Å². The normalized spacial score (nSPS) is 18.9. The van der Waals surface area contributed by atoms with E-state index in [2.05, 4.69) is 17.4 Å². The van der Waals surface area contributed by atoms with Crippen molar-refractivity contribution in [3.05, 3.63) is 35.4 Å². The Morgan fingerprint density at radius 2 is 2.12 bits per heavy atom. The number of hydrogen-bond donors (Lipinski definition) is 1. The second-order valence-corrected chi connectivity index (χ2v) is 4.93. The largest absolute Gasteiger partial charge is 0.464 e. The quantitative estimate of drug-likeness (QED) is 0.810. The van der Waals surface area contributed by atoms with Gasteiger partial charge in [-0.25, -0.2) is 0 Å². The lowest BCUT2D eigenvalue weighted by molar-refractivity contribution is -0.147. The maximum Gasteiger partial charge on any atom is 0.323 e. The Kier molecular flexibility index (Phi) is 3.79. The molecule has 1 aromatic rings. The fourth-order valence-corrected chi connectivity index (χ4v) is 1.97. The Morgan fingerprint density at radius 1 is 1.41 bits per heavy atom. The zero-order valence-corrected chi connectivity index (χ0v) is 10.4. The number of fused-ring (bicyclic) bond motifs is 1. The Balaban J connectivity index is 1.95. The number of esters is 1. The van der Waals surface area contributed by atoms with Crippen LogP contribution in [0.25, 0.3) is 0 Å². The van der Waals surface area contributed by atoms with Crippen LogP contribution in [0.1, 0.15) is 25.0 Å². The highest BCUT2D eigenvalue weighted by molar-refractivity contribution is 5.76. The highest BCUT2D eigenvalue weighted by Crippen LogP contribution is 2.16. The van der Waals surface area contributed by atoms with Crippen molar-refractivity contribution in [2.24, 2.45) is 5.92 Å². The topological polar surface area (TPSA) is 38.3 Å². The number of ether oxygens (including phenoxy) is 1. The third-order valence-electron chi connectivity index (χ3n) is 2.92. The standard InChI is InChI=1S/C14H19NO2/c1-10(2)9-17-14(16)13-7-11-5-3-4-6-12(11)8-15-13/h3-6,10,13,15H,7-9H2,1-2H3/t13-/m0/s1. The summed E-state index contributed by atoms with van der Waals surface area (Å²) >= 11 is 0. The summed E-state index contributed by atoms with van der Waals surface area (Å²) in [5, 5.41) is 3.22. The van der Waals surface area contributed by atoms with Crippen LogP contribution >= 0.6 is 0 Å². The minimum absolute atomic E-state index is 0.131. The van der Waals surface area contributed by atoms with Gasteiger partial charge in [0.1, 0.15) is 6.04 Å². The number of rotatable bonds is 3. The number of hydrogen-bond acceptors (Lipinski definition) is 3. The van der Waals surface area contributed by atoms with Crippen LogP contribution in [0.15, 0.2) is 24.3 Å². The van der Waals surface area contributed by atoms with Gasteiger partial charge in [-0.2, -0.15) is 0 Å². The van der Waals surface area contributed by atoms with Gasteiger partial charge >= 0.3 is 5.97 Å². The number of carbonyl (C=O) groups is 1. The Bertz CT molecular complexity index is 401. The fourth-order valence-electron chi connectivity index (χ4n) is 1.97. The van der Waals surface area contributed by atoms with E-state index in [-0.39, 0.29) is 12.0 Å². The van der Waals surface area contributed by atoms with E-state index in [0.29, 0.717) is 12.5 Å². The Labute approximate surface area is 102 Å². The first-order chi connectivity index (χ1) is 8.16. The molecule has 0 aromatic heterocycles. The van der Waals surface area contributed by atoms with E-state index in [1.165, 1.54) is 11.1 Å². The summed E-state index contributed by atoms with van der Waals surface area (Å²) in [5.41, 5.74) is 2.53. The fraction of sp³-hybridized carbons (Fsp3) is 0.500.